The molecule has 0 bridgehead atoms. The van der Waals surface area contributed by atoms with Gasteiger partial charge in [0, 0.05) is 12.0 Å². The number of amides is 1. The number of carbonyl (C=O) groups excluding carboxylic acids is 1. The Morgan fingerprint density at radius 1 is 1.11 bits per heavy atom. The molecule has 7 heteroatoms. The van der Waals surface area contributed by atoms with Crippen LogP contribution in [0, 0.1) is 5.92 Å². The lowest BCUT2D eigenvalue weighted by atomic mass is 9.96. The van der Waals surface area contributed by atoms with Crippen LogP contribution in [0.25, 0.3) is 0 Å². The number of carbonyl (C=O) groups is 1. The maximum Gasteiger partial charge on any atom is 0.239 e. The van der Waals surface area contributed by atoms with E-state index in [1.54, 1.807) is 6.20 Å². The average molecular weight is 370 g/mol. The first-order chi connectivity index (χ1) is 13.3. The van der Waals surface area contributed by atoms with Gasteiger partial charge < -0.3 is 14.8 Å². The number of nitrogens with one attached hydrogen (secondary N) is 1. The summed E-state index contributed by atoms with van der Waals surface area (Å²) in [7, 11) is 0. The second-order valence-corrected chi connectivity index (χ2v) is 7.13. The van der Waals surface area contributed by atoms with Gasteiger partial charge in [-0.05, 0) is 31.5 Å². The Bertz CT molecular complexity index is 735. The van der Waals surface area contributed by atoms with Crippen molar-refractivity contribution in [2.45, 2.75) is 25.7 Å². The number of ether oxygens (including phenoxy) is 2. The summed E-state index contributed by atoms with van der Waals surface area (Å²) in [6.45, 7) is 4.22. The molecule has 0 atom stereocenters. The Morgan fingerprint density at radius 3 is 2.59 bits per heavy atom. The molecule has 27 heavy (non-hydrogen) atoms. The standard InChI is InChI=1S/C20H26N4O3/c25-19(15-23-10-7-17(8-11-23)20-26-12-13-27-20)22-18-6-9-21-24(18)14-16-4-2-1-3-5-16/h1-6,9,17,20H,7-8,10-15H2,(H,22,25). The van der Waals surface area contributed by atoms with Crippen molar-refractivity contribution < 1.29 is 14.3 Å². The van der Waals surface area contributed by atoms with E-state index < -0.39 is 0 Å². The van der Waals surface area contributed by atoms with Crippen LogP contribution < -0.4 is 5.32 Å². The summed E-state index contributed by atoms with van der Waals surface area (Å²) in [5, 5.41) is 7.32. The van der Waals surface area contributed by atoms with Crippen LogP contribution in [0.4, 0.5) is 5.82 Å². The van der Waals surface area contributed by atoms with Gasteiger partial charge >= 0.3 is 0 Å². The Balaban J connectivity index is 1.26. The molecule has 2 aliphatic rings. The Morgan fingerprint density at radius 2 is 1.85 bits per heavy atom. The monoisotopic (exact) mass is 370 g/mol. The van der Waals surface area contributed by atoms with Crippen LogP contribution in [-0.4, -0.2) is 59.7 Å². The lowest BCUT2D eigenvalue weighted by molar-refractivity contribution is -0.119. The zero-order valence-corrected chi connectivity index (χ0v) is 15.4. The largest absolute Gasteiger partial charge is 0.350 e. The predicted molar refractivity (Wildman–Crippen MR) is 101 cm³/mol. The van der Waals surface area contributed by atoms with E-state index in [1.165, 1.54) is 0 Å². The minimum Gasteiger partial charge on any atom is -0.350 e. The van der Waals surface area contributed by atoms with Gasteiger partial charge in [-0.2, -0.15) is 5.10 Å². The van der Waals surface area contributed by atoms with E-state index in [0.29, 0.717) is 32.2 Å². The second kappa shape index (κ2) is 8.65. The Hall–Kier alpha value is -2.22. The van der Waals surface area contributed by atoms with E-state index >= 15 is 0 Å². The van der Waals surface area contributed by atoms with E-state index in [4.69, 9.17) is 9.47 Å². The van der Waals surface area contributed by atoms with Crippen LogP contribution in [-0.2, 0) is 20.8 Å². The molecule has 0 unspecified atom stereocenters. The number of hydrogen-bond donors (Lipinski definition) is 1. The molecule has 1 amide bonds. The first kappa shape index (κ1) is 18.2. The number of nitrogens with zero attached hydrogens (tertiary/aromatic N) is 3. The molecular weight excluding hydrogens is 344 g/mol. The SMILES string of the molecule is O=C(CN1CCC(C2OCCO2)CC1)Nc1ccnn1Cc1ccccc1. The molecule has 2 fully saturated rings. The van der Waals surface area contributed by atoms with Crippen LogP contribution >= 0.6 is 0 Å². The number of hydrogen-bond acceptors (Lipinski definition) is 5. The molecule has 0 radical (unpaired) electrons. The highest BCUT2D eigenvalue weighted by molar-refractivity contribution is 5.91. The molecule has 2 aromatic rings. The highest BCUT2D eigenvalue weighted by Gasteiger charge is 2.30. The third-order valence-corrected chi connectivity index (χ3v) is 5.19. The molecule has 0 aliphatic carbocycles. The van der Waals surface area contributed by atoms with Gasteiger partial charge in [0.1, 0.15) is 5.82 Å². The van der Waals surface area contributed by atoms with Crippen molar-refractivity contribution in [3.8, 4) is 0 Å². The molecule has 1 N–H and O–H groups in total. The molecule has 144 valence electrons. The molecule has 7 nitrogen and oxygen atoms in total. The number of aromatic nitrogens is 2. The summed E-state index contributed by atoms with van der Waals surface area (Å²) in [4.78, 5) is 14.7. The van der Waals surface area contributed by atoms with Crippen LogP contribution in [0.1, 0.15) is 18.4 Å². The molecule has 3 heterocycles. The van der Waals surface area contributed by atoms with Crippen LogP contribution in [0.15, 0.2) is 42.6 Å². The van der Waals surface area contributed by atoms with Crippen molar-refractivity contribution in [3.63, 3.8) is 0 Å². The molecule has 1 aromatic carbocycles. The van der Waals surface area contributed by atoms with Crippen molar-refractivity contribution in [3.05, 3.63) is 48.2 Å². The average Bonchev–Trinajstić information content (AvgIpc) is 3.36. The summed E-state index contributed by atoms with van der Waals surface area (Å²) < 4.78 is 13.0. The second-order valence-electron chi connectivity index (χ2n) is 7.13. The summed E-state index contributed by atoms with van der Waals surface area (Å²) in [5.41, 5.74) is 1.15. The van der Waals surface area contributed by atoms with E-state index in [1.807, 2.05) is 28.9 Å². The summed E-state index contributed by atoms with van der Waals surface area (Å²) >= 11 is 0. The topological polar surface area (TPSA) is 68.6 Å². The van der Waals surface area contributed by atoms with Gasteiger partial charge in [0.2, 0.25) is 5.91 Å². The molecule has 4 rings (SSSR count). The lowest BCUT2D eigenvalue weighted by Gasteiger charge is -2.33. The predicted octanol–water partition coefficient (Wildman–Crippen LogP) is 1.95. The molecule has 0 spiro atoms. The summed E-state index contributed by atoms with van der Waals surface area (Å²) in [5.74, 6) is 1.17. The van der Waals surface area contributed by atoms with Gasteiger partial charge in [-0.15, -0.1) is 0 Å². The molecule has 0 saturated carbocycles. The van der Waals surface area contributed by atoms with Crippen LogP contribution in [0.2, 0.25) is 0 Å². The van der Waals surface area contributed by atoms with E-state index in [-0.39, 0.29) is 12.2 Å². The van der Waals surface area contributed by atoms with Crippen molar-refractivity contribution >= 4 is 11.7 Å². The molecule has 1 aromatic heterocycles. The van der Waals surface area contributed by atoms with Gasteiger partial charge in [-0.1, -0.05) is 30.3 Å². The Labute approximate surface area is 159 Å². The fourth-order valence-electron chi connectivity index (χ4n) is 3.74. The Kier molecular flexibility index (Phi) is 5.81. The minimum absolute atomic E-state index is 0.00312. The maximum absolute atomic E-state index is 12.5. The first-order valence-electron chi connectivity index (χ1n) is 9.59. The first-order valence-corrected chi connectivity index (χ1v) is 9.59. The quantitative estimate of drug-likeness (QED) is 0.842. The smallest absolute Gasteiger partial charge is 0.239 e. The van der Waals surface area contributed by atoms with Gasteiger partial charge in [-0.25, -0.2) is 4.68 Å². The molecular formula is C20H26N4O3. The molecule has 2 aliphatic heterocycles. The third kappa shape index (κ3) is 4.74. The van der Waals surface area contributed by atoms with Crippen molar-refractivity contribution in [1.29, 1.82) is 0 Å². The fraction of sp³-hybridized carbons (Fsp3) is 0.500. The minimum atomic E-state index is -0.0479. The van der Waals surface area contributed by atoms with Crippen LogP contribution in [0.5, 0.6) is 0 Å². The number of piperidine rings is 1. The fourth-order valence-corrected chi connectivity index (χ4v) is 3.74. The van der Waals surface area contributed by atoms with Crippen molar-refractivity contribution in [2.75, 3.05) is 38.2 Å². The van der Waals surface area contributed by atoms with Gasteiger partial charge in [0.25, 0.3) is 0 Å². The number of anilines is 1. The zero-order chi connectivity index (χ0) is 18.5. The number of likely N-dealkylation sites (tertiary alicyclic amines) is 1. The third-order valence-electron chi connectivity index (χ3n) is 5.19. The lowest BCUT2D eigenvalue weighted by Crippen LogP contribution is -2.42. The summed E-state index contributed by atoms with van der Waals surface area (Å²) in [6, 6.07) is 11.9. The van der Waals surface area contributed by atoms with Gasteiger partial charge in [0.15, 0.2) is 6.29 Å². The van der Waals surface area contributed by atoms with E-state index in [9.17, 15) is 4.79 Å². The van der Waals surface area contributed by atoms with Crippen LogP contribution in [0.3, 0.4) is 0 Å². The van der Waals surface area contributed by atoms with Gasteiger partial charge in [0.05, 0.1) is 32.5 Å². The highest BCUT2D eigenvalue weighted by atomic mass is 16.7. The maximum atomic E-state index is 12.5. The van der Waals surface area contributed by atoms with Crippen molar-refractivity contribution in [2.24, 2.45) is 5.92 Å². The highest BCUT2D eigenvalue weighted by Crippen LogP contribution is 2.25. The normalized spacial score (nSPS) is 19.4. The van der Waals surface area contributed by atoms with Gasteiger partial charge in [-0.3, -0.25) is 9.69 Å². The summed E-state index contributed by atoms with van der Waals surface area (Å²) in [6.07, 6.45) is 3.67. The van der Waals surface area contributed by atoms with Crippen molar-refractivity contribution in [1.82, 2.24) is 14.7 Å². The molecule has 2 saturated heterocycles. The van der Waals surface area contributed by atoms with E-state index in [0.717, 1.165) is 37.3 Å². The van der Waals surface area contributed by atoms with E-state index in [2.05, 4.69) is 27.4 Å². The zero-order valence-electron chi connectivity index (χ0n) is 15.4. The number of benzene rings is 1. The number of rotatable bonds is 6.